The van der Waals surface area contributed by atoms with Gasteiger partial charge in [-0.05, 0) is 0 Å². The fourth-order valence-corrected chi connectivity index (χ4v) is 1.59. The van der Waals surface area contributed by atoms with Crippen LogP contribution >= 0.6 is 0 Å². The van der Waals surface area contributed by atoms with E-state index in [9.17, 15) is 9.59 Å². The second-order valence-electron chi connectivity index (χ2n) is 3.82. The van der Waals surface area contributed by atoms with Crippen molar-refractivity contribution in [1.29, 1.82) is 0 Å². The average molecular weight is 277 g/mol. The van der Waals surface area contributed by atoms with Crippen molar-refractivity contribution in [2.45, 2.75) is 44.4 Å². The van der Waals surface area contributed by atoms with Crippen LogP contribution in [-0.2, 0) is 9.59 Å². The van der Waals surface area contributed by atoms with Crippen LogP contribution in [0.3, 0.4) is 0 Å². The molecule has 0 rings (SSSR count). The molecule has 0 aromatic heterocycles. The van der Waals surface area contributed by atoms with Gasteiger partial charge in [0.25, 0.3) is 0 Å². The molecular formula is C10H20AsNO3. The fraction of sp³-hybridized carbons (Fsp3) is 0.800. The van der Waals surface area contributed by atoms with Gasteiger partial charge in [0.1, 0.15) is 0 Å². The van der Waals surface area contributed by atoms with Gasteiger partial charge in [-0.15, -0.1) is 0 Å². The third-order valence-electron chi connectivity index (χ3n) is 2.36. The third kappa shape index (κ3) is 7.43. The first-order valence-corrected chi connectivity index (χ1v) is 6.92. The van der Waals surface area contributed by atoms with Crippen LogP contribution in [0.1, 0.15) is 33.1 Å². The summed E-state index contributed by atoms with van der Waals surface area (Å²) in [6.45, 7) is 4.13. The first kappa shape index (κ1) is 14.5. The van der Waals surface area contributed by atoms with Crippen molar-refractivity contribution >= 4 is 28.7 Å². The Labute approximate surface area is 99.3 Å². The molecule has 0 aliphatic carbocycles. The molecule has 0 spiro atoms. The molecule has 0 aromatic rings. The average Bonchev–Trinajstić information content (AvgIpc) is 2.16. The maximum atomic E-state index is 11.2. The maximum absolute atomic E-state index is 11.2. The Hall–Kier alpha value is -0.502. The number of nitrogens with one attached hydrogen (secondary N) is 1. The first-order chi connectivity index (χ1) is 6.99. The van der Waals surface area contributed by atoms with Crippen molar-refractivity contribution < 1.29 is 14.7 Å². The predicted molar refractivity (Wildman–Crippen MR) is 61.6 cm³/mol. The Morgan fingerprint density at radius 2 is 2.07 bits per heavy atom. The van der Waals surface area contributed by atoms with Gasteiger partial charge in [0.2, 0.25) is 0 Å². The molecule has 0 radical (unpaired) electrons. The molecule has 0 saturated carbocycles. The summed E-state index contributed by atoms with van der Waals surface area (Å²) in [5, 5.41) is 11.9. The number of amides is 1. The molecule has 0 fully saturated rings. The van der Waals surface area contributed by atoms with E-state index in [0.717, 1.165) is 12.8 Å². The van der Waals surface area contributed by atoms with Crippen LogP contribution < -0.4 is 5.32 Å². The summed E-state index contributed by atoms with van der Waals surface area (Å²) in [6, 6.07) is -0.222. The zero-order chi connectivity index (χ0) is 11.8. The molecule has 0 aliphatic heterocycles. The number of hydrogen-bond acceptors (Lipinski definition) is 2. The van der Waals surface area contributed by atoms with E-state index in [1.165, 1.54) is 16.9 Å². The zero-order valence-electron chi connectivity index (χ0n) is 9.32. The summed E-state index contributed by atoms with van der Waals surface area (Å²) in [7, 11) is 0. The van der Waals surface area contributed by atoms with Gasteiger partial charge in [-0.25, -0.2) is 0 Å². The van der Waals surface area contributed by atoms with E-state index >= 15 is 0 Å². The number of carboxylic acid groups (broad SMARTS) is 1. The normalized spacial score (nSPS) is 14.3. The SMILES string of the molecule is CCC(C)CC(CC(=O)O)NC(=O)C[AsH2]. The number of rotatable bonds is 7. The summed E-state index contributed by atoms with van der Waals surface area (Å²) in [6.07, 6.45) is 1.76. The van der Waals surface area contributed by atoms with E-state index in [4.69, 9.17) is 5.11 Å². The Morgan fingerprint density at radius 3 is 2.47 bits per heavy atom. The van der Waals surface area contributed by atoms with Gasteiger partial charge in [0, 0.05) is 0 Å². The van der Waals surface area contributed by atoms with Crippen molar-refractivity contribution in [3.05, 3.63) is 0 Å². The van der Waals surface area contributed by atoms with Crippen molar-refractivity contribution in [1.82, 2.24) is 5.32 Å². The Kier molecular flexibility index (Phi) is 7.49. The van der Waals surface area contributed by atoms with Crippen molar-refractivity contribution in [2.24, 2.45) is 5.92 Å². The summed E-state index contributed by atoms with van der Waals surface area (Å²) in [5.41, 5.74) is 0. The van der Waals surface area contributed by atoms with E-state index in [0.29, 0.717) is 11.1 Å². The predicted octanol–water partition coefficient (Wildman–Crippen LogP) is 0.433. The molecule has 0 heterocycles. The van der Waals surface area contributed by atoms with E-state index in [1.54, 1.807) is 0 Å². The number of hydrogen-bond donors (Lipinski definition) is 2. The molecule has 0 aliphatic rings. The minimum absolute atomic E-state index is 0.0169. The Balaban J connectivity index is 4.17. The quantitative estimate of drug-likeness (QED) is 0.663. The molecule has 1 amide bonds. The molecular weight excluding hydrogens is 257 g/mol. The van der Waals surface area contributed by atoms with E-state index in [2.05, 4.69) is 19.2 Å². The van der Waals surface area contributed by atoms with Gasteiger partial charge >= 0.3 is 99.0 Å². The standard InChI is InChI=1S/C10H20AsNO3/c1-3-7(2)4-8(5-10(14)15)12-9(13)6-11/h7-8H,3-6,11H2,1-2H3,(H,12,13)(H,14,15). The second-order valence-corrected chi connectivity index (χ2v) is 4.67. The molecule has 0 aromatic carbocycles. The number of carbonyl (C=O) groups excluding carboxylic acids is 1. The molecule has 88 valence electrons. The topological polar surface area (TPSA) is 66.4 Å². The summed E-state index contributed by atoms with van der Waals surface area (Å²) >= 11 is 1.34. The van der Waals surface area contributed by atoms with Gasteiger partial charge in [0.05, 0.1) is 0 Å². The van der Waals surface area contributed by atoms with Gasteiger partial charge in [-0.3, -0.25) is 0 Å². The van der Waals surface area contributed by atoms with Gasteiger partial charge in [-0.2, -0.15) is 0 Å². The zero-order valence-corrected chi connectivity index (χ0v) is 11.7. The van der Waals surface area contributed by atoms with Crippen molar-refractivity contribution in [3.63, 3.8) is 0 Å². The monoisotopic (exact) mass is 277 g/mol. The number of carboxylic acids is 1. The van der Waals surface area contributed by atoms with E-state index in [-0.39, 0.29) is 18.4 Å². The van der Waals surface area contributed by atoms with Crippen molar-refractivity contribution in [3.8, 4) is 0 Å². The van der Waals surface area contributed by atoms with Crippen LogP contribution in [0.2, 0.25) is 5.21 Å². The van der Waals surface area contributed by atoms with Crippen LogP contribution in [0.15, 0.2) is 0 Å². The first-order valence-electron chi connectivity index (χ1n) is 5.20. The number of carbonyl (C=O) groups is 2. The van der Waals surface area contributed by atoms with Crippen LogP contribution in [0.25, 0.3) is 0 Å². The molecule has 15 heavy (non-hydrogen) atoms. The molecule has 5 heteroatoms. The Bertz CT molecular complexity index is 221. The van der Waals surface area contributed by atoms with Gasteiger partial charge in [-0.1, -0.05) is 0 Å². The molecule has 3 unspecified atom stereocenters. The van der Waals surface area contributed by atoms with Crippen LogP contribution in [0.4, 0.5) is 0 Å². The third-order valence-corrected chi connectivity index (χ3v) is 3.13. The van der Waals surface area contributed by atoms with E-state index in [1.807, 2.05) is 0 Å². The molecule has 3 atom stereocenters. The van der Waals surface area contributed by atoms with Crippen LogP contribution in [0, 0.1) is 5.92 Å². The van der Waals surface area contributed by atoms with E-state index < -0.39 is 5.97 Å². The summed E-state index contributed by atoms with van der Waals surface area (Å²) in [4.78, 5) is 21.8. The molecule has 4 nitrogen and oxygen atoms in total. The fourth-order valence-electron chi connectivity index (χ4n) is 1.34. The molecule has 0 bridgehead atoms. The minimum atomic E-state index is -0.856. The van der Waals surface area contributed by atoms with Gasteiger partial charge < -0.3 is 0 Å². The second kappa shape index (κ2) is 7.75. The van der Waals surface area contributed by atoms with Crippen LogP contribution in [0.5, 0.6) is 0 Å². The van der Waals surface area contributed by atoms with Gasteiger partial charge in [0.15, 0.2) is 0 Å². The van der Waals surface area contributed by atoms with Crippen LogP contribution in [-0.4, -0.2) is 39.9 Å². The molecule has 0 saturated heterocycles. The summed E-state index contributed by atoms with van der Waals surface area (Å²) in [5.74, 6) is -0.466. The number of aliphatic carboxylic acids is 1. The molecule has 2 N–H and O–H groups in total. The Morgan fingerprint density at radius 1 is 1.47 bits per heavy atom. The summed E-state index contributed by atoms with van der Waals surface area (Å²) < 4.78 is 0. The van der Waals surface area contributed by atoms with Crippen molar-refractivity contribution in [2.75, 3.05) is 0 Å².